The summed E-state index contributed by atoms with van der Waals surface area (Å²) in [5.74, 6) is 1.14. The summed E-state index contributed by atoms with van der Waals surface area (Å²) >= 11 is 0. The van der Waals surface area contributed by atoms with E-state index in [0.29, 0.717) is 6.54 Å². The van der Waals surface area contributed by atoms with Crippen molar-refractivity contribution in [2.75, 3.05) is 6.54 Å². The lowest BCUT2D eigenvalue weighted by Crippen LogP contribution is -2.10. The molecule has 0 radical (unpaired) electrons. The second-order valence-corrected chi connectivity index (χ2v) is 5.47. The number of benzene rings is 1. The Kier molecular flexibility index (Phi) is 6.06. The summed E-state index contributed by atoms with van der Waals surface area (Å²) < 4.78 is 2.36. The fraction of sp³-hybridized carbons (Fsp3) is 0.588. The second kappa shape index (κ2) is 8.05. The first-order valence-electron chi connectivity index (χ1n) is 8.01. The third kappa shape index (κ3) is 3.83. The number of aryl methyl sites for hydroxylation is 1. The topological polar surface area (TPSA) is 43.8 Å². The predicted molar refractivity (Wildman–Crippen MR) is 85.9 cm³/mol. The van der Waals surface area contributed by atoms with Crippen LogP contribution in [-0.2, 0) is 13.0 Å². The molecule has 1 heterocycles. The first-order chi connectivity index (χ1) is 9.86. The number of imidazole rings is 1. The van der Waals surface area contributed by atoms with Crippen LogP contribution >= 0.6 is 0 Å². The molecule has 0 aliphatic heterocycles. The van der Waals surface area contributed by atoms with Gasteiger partial charge in [0, 0.05) is 13.0 Å². The second-order valence-electron chi connectivity index (χ2n) is 5.47. The van der Waals surface area contributed by atoms with Gasteiger partial charge in [0.25, 0.3) is 0 Å². The van der Waals surface area contributed by atoms with Gasteiger partial charge in [-0.05, 0) is 25.1 Å². The number of para-hydroxylation sites is 2. The van der Waals surface area contributed by atoms with Crippen molar-refractivity contribution >= 4 is 11.0 Å². The minimum absolute atomic E-state index is 0.666. The number of nitrogens with two attached hydrogens (primary N) is 1. The number of aromatic nitrogens is 2. The number of rotatable bonds is 9. The zero-order chi connectivity index (χ0) is 14.2. The van der Waals surface area contributed by atoms with E-state index in [1.54, 1.807) is 0 Å². The van der Waals surface area contributed by atoms with Crippen molar-refractivity contribution in [3.05, 3.63) is 30.1 Å². The molecule has 20 heavy (non-hydrogen) atoms. The summed E-state index contributed by atoms with van der Waals surface area (Å²) in [5, 5.41) is 0. The van der Waals surface area contributed by atoms with Crippen LogP contribution in [0.5, 0.6) is 0 Å². The number of hydrogen-bond donors (Lipinski definition) is 1. The largest absolute Gasteiger partial charge is 0.330 e. The molecule has 1 aromatic heterocycles. The normalized spacial score (nSPS) is 11.3. The van der Waals surface area contributed by atoms with E-state index in [9.17, 15) is 0 Å². The SMILES string of the molecule is CCCCCCCCn1c(CCN)nc2ccccc21. The van der Waals surface area contributed by atoms with Crippen LogP contribution in [0.15, 0.2) is 24.3 Å². The maximum Gasteiger partial charge on any atom is 0.111 e. The van der Waals surface area contributed by atoms with Crippen molar-refractivity contribution in [1.29, 1.82) is 0 Å². The van der Waals surface area contributed by atoms with Crippen LogP contribution in [0, 0.1) is 0 Å². The number of nitrogens with zero attached hydrogens (tertiary/aromatic N) is 2. The van der Waals surface area contributed by atoms with Gasteiger partial charge in [-0.15, -0.1) is 0 Å². The Labute approximate surface area is 122 Å². The van der Waals surface area contributed by atoms with Crippen LogP contribution in [0.1, 0.15) is 51.3 Å². The molecule has 0 saturated carbocycles. The molecule has 0 amide bonds. The summed E-state index contributed by atoms with van der Waals surface area (Å²) in [5.41, 5.74) is 8.06. The van der Waals surface area contributed by atoms with Gasteiger partial charge in [-0.2, -0.15) is 0 Å². The molecule has 1 aromatic carbocycles. The van der Waals surface area contributed by atoms with E-state index in [0.717, 1.165) is 24.3 Å². The van der Waals surface area contributed by atoms with Gasteiger partial charge in [0.15, 0.2) is 0 Å². The van der Waals surface area contributed by atoms with Gasteiger partial charge in [0.2, 0.25) is 0 Å². The summed E-state index contributed by atoms with van der Waals surface area (Å²) in [6.45, 7) is 4.00. The molecule has 2 N–H and O–H groups in total. The molecule has 2 rings (SSSR count). The third-order valence-electron chi connectivity index (χ3n) is 3.84. The number of unbranched alkanes of at least 4 members (excludes halogenated alkanes) is 5. The van der Waals surface area contributed by atoms with Crippen molar-refractivity contribution in [2.24, 2.45) is 5.73 Å². The highest BCUT2D eigenvalue weighted by molar-refractivity contribution is 5.75. The van der Waals surface area contributed by atoms with Gasteiger partial charge in [-0.1, -0.05) is 51.2 Å². The zero-order valence-corrected chi connectivity index (χ0v) is 12.6. The van der Waals surface area contributed by atoms with E-state index < -0.39 is 0 Å². The first-order valence-corrected chi connectivity index (χ1v) is 8.01. The van der Waals surface area contributed by atoms with E-state index in [-0.39, 0.29) is 0 Å². The fourth-order valence-corrected chi connectivity index (χ4v) is 2.75. The average molecular weight is 273 g/mol. The Morgan fingerprint density at radius 1 is 1.05 bits per heavy atom. The molecule has 0 spiro atoms. The van der Waals surface area contributed by atoms with E-state index in [1.165, 1.54) is 44.0 Å². The summed E-state index contributed by atoms with van der Waals surface area (Å²) in [6, 6.07) is 8.40. The molecular weight excluding hydrogens is 246 g/mol. The lowest BCUT2D eigenvalue weighted by molar-refractivity contribution is 0.553. The van der Waals surface area contributed by atoms with Gasteiger partial charge >= 0.3 is 0 Å². The standard InChI is InChI=1S/C17H27N3/c1-2-3-4-5-6-9-14-20-16-11-8-7-10-15(16)19-17(20)12-13-18/h7-8,10-11H,2-6,9,12-14,18H2,1H3. The lowest BCUT2D eigenvalue weighted by Gasteiger charge is -2.08. The van der Waals surface area contributed by atoms with Crippen LogP contribution in [0.3, 0.4) is 0 Å². The Morgan fingerprint density at radius 2 is 1.80 bits per heavy atom. The molecule has 0 fully saturated rings. The molecule has 0 unspecified atom stereocenters. The predicted octanol–water partition coefficient (Wildman–Crippen LogP) is 3.90. The van der Waals surface area contributed by atoms with Crippen LogP contribution in [0.2, 0.25) is 0 Å². The molecule has 3 nitrogen and oxygen atoms in total. The lowest BCUT2D eigenvalue weighted by atomic mass is 10.1. The van der Waals surface area contributed by atoms with Gasteiger partial charge in [-0.3, -0.25) is 0 Å². The van der Waals surface area contributed by atoms with Crippen LogP contribution in [0.25, 0.3) is 11.0 Å². The number of hydrogen-bond acceptors (Lipinski definition) is 2. The smallest absolute Gasteiger partial charge is 0.111 e. The van der Waals surface area contributed by atoms with E-state index in [1.807, 2.05) is 0 Å². The Hall–Kier alpha value is -1.35. The van der Waals surface area contributed by atoms with Gasteiger partial charge in [-0.25, -0.2) is 4.98 Å². The summed E-state index contributed by atoms with van der Waals surface area (Å²) in [4.78, 5) is 4.71. The molecule has 0 atom stereocenters. The maximum atomic E-state index is 5.71. The van der Waals surface area contributed by atoms with E-state index in [2.05, 4.69) is 35.8 Å². The molecule has 0 aliphatic rings. The number of fused-ring (bicyclic) bond motifs is 1. The molecule has 0 aliphatic carbocycles. The van der Waals surface area contributed by atoms with Crippen molar-refractivity contribution in [3.8, 4) is 0 Å². The Balaban J connectivity index is 1.98. The van der Waals surface area contributed by atoms with Crippen LogP contribution in [0.4, 0.5) is 0 Å². The highest BCUT2D eigenvalue weighted by Crippen LogP contribution is 2.17. The van der Waals surface area contributed by atoms with Gasteiger partial charge in [0.05, 0.1) is 11.0 Å². The third-order valence-corrected chi connectivity index (χ3v) is 3.84. The van der Waals surface area contributed by atoms with Crippen molar-refractivity contribution in [2.45, 2.75) is 58.4 Å². The van der Waals surface area contributed by atoms with Crippen molar-refractivity contribution in [1.82, 2.24) is 9.55 Å². The molecular formula is C17H27N3. The Bertz CT molecular complexity index is 516. The Morgan fingerprint density at radius 3 is 2.60 bits per heavy atom. The monoisotopic (exact) mass is 273 g/mol. The van der Waals surface area contributed by atoms with Gasteiger partial charge in [0.1, 0.15) is 5.82 Å². The highest BCUT2D eigenvalue weighted by Gasteiger charge is 2.08. The van der Waals surface area contributed by atoms with Gasteiger partial charge < -0.3 is 10.3 Å². The quantitative estimate of drug-likeness (QED) is 0.704. The summed E-state index contributed by atoms with van der Waals surface area (Å²) in [6.07, 6.45) is 8.82. The van der Waals surface area contributed by atoms with Crippen LogP contribution in [-0.4, -0.2) is 16.1 Å². The minimum atomic E-state index is 0.666. The van der Waals surface area contributed by atoms with Crippen molar-refractivity contribution in [3.63, 3.8) is 0 Å². The van der Waals surface area contributed by atoms with Crippen molar-refractivity contribution < 1.29 is 0 Å². The van der Waals surface area contributed by atoms with E-state index >= 15 is 0 Å². The molecule has 2 aromatic rings. The molecule has 0 bridgehead atoms. The summed E-state index contributed by atoms with van der Waals surface area (Å²) in [7, 11) is 0. The van der Waals surface area contributed by atoms with E-state index in [4.69, 9.17) is 10.7 Å². The average Bonchev–Trinajstić information content (AvgIpc) is 2.81. The van der Waals surface area contributed by atoms with Crippen LogP contribution < -0.4 is 5.73 Å². The fourth-order valence-electron chi connectivity index (χ4n) is 2.75. The molecule has 0 saturated heterocycles. The molecule has 110 valence electrons. The highest BCUT2D eigenvalue weighted by atomic mass is 15.1. The zero-order valence-electron chi connectivity index (χ0n) is 12.6. The molecule has 3 heteroatoms. The first kappa shape index (κ1) is 15.0. The minimum Gasteiger partial charge on any atom is -0.330 e. The maximum absolute atomic E-state index is 5.71.